The molecule has 2 aromatic rings. The molecule has 1 aliphatic rings. The predicted molar refractivity (Wildman–Crippen MR) is 139 cm³/mol. The summed E-state index contributed by atoms with van der Waals surface area (Å²) in [5, 5.41) is 17.5. The van der Waals surface area contributed by atoms with Crippen molar-refractivity contribution in [1.82, 2.24) is 9.80 Å². The summed E-state index contributed by atoms with van der Waals surface area (Å²) < 4.78 is 0. The van der Waals surface area contributed by atoms with Crippen LogP contribution < -0.4 is 0 Å². The van der Waals surface area contributed by atoms with Crippen LogP contribution in [0.1, 0.15) is 24.5 Å². The van der Waals surface area contributed by atoms with E-state index in [1.165, 1.54) is 5.56 Å². The lowest BCUT2D eigenvalue weighted by Crippen LogP contribution is -2.48. The number of piperazine rings is 1. The van der Waals surface area contributed by atoms with Gasteiger partial charge in [0.15, 0.2) is 0 Å². The predicted octanol–water partition coefficient (Wildman–Crippen LogP) is 5.33. The highest BCUT2D eigenvalue weighted by molar-refractivity contribution is 6.11. The number of aryl methyl sites for hydroxylation is 1. The van der Waals surface area contributed by atoms with Crippen LogP contribution in [0.2, 0.25) is 0 Å². The number of nitrogens with zero attached hydrogens (tertiary/aromatic N) is 3. The van der Waals surface area contributed by atoms with Gasteiger partial charge in [0, 0.05) is 32.4 Å². The highest BCUT2D eigenvalue weighted by Gasteiger charge is 2.22. The van der Waals surface area contributed by atoms with Crippen molar-refractivity contribution in [3.8, 4) is 0 Å². The van der Waals surface area contributed by atoms with Crippen LogP contribution in [-0.2, 0) is 6.42 Å². The number of amidine groups is 1. The summed E-state index contributed by atoms with van der Waals surface area (Å²) in [5.74, 6) is 1.26. The van der Waals surface area contributed by atoms with E-state index in [0.717, 1.165) is 56.0 Å². The van der Waals surface area contributed by atoms with Crippen molar-refractivity contribution >= 4 is 17.8 Å². The van der Waals surface area contributed by atoms with Gasteiger partial charge in [-0.2, -0.15) is 0 Å². The van der Waals surface area contributed by atoms with Gasteiger partial charge in [0.2, 0.25) is 0 Å². The van der Waals surface area contributed by atoms with Gasteiger partial charge in [-0.3, -0.25) is 5.41 Å². The smallest absolute Gasteiger partial charge is 0.124 e. The summed E-state index contributed by atoms with van der Waals surface area (Å²) in [6.45, 7) is 9.05. The van der Waals surface area contributed by atoms with Crippen molar-refractivity contribution in [2.24, 2.45) is 4.99 Å². The third kappa shape index (κ3) is 7.14. The van der Waals surface area contributed by atoms with Gasteiger partial charge in [0.1, 0.15) is 11.7 Å². The number of rotatable bonds is 9. The lowest BCUT2D eigenvalue weighted by molar-refractivity contribution is 0.220. The van der Waals surface area contributed by atoms with Gasteiger partial charge in [-0.1, -0.05) is 73.3 Å². The number of hydrogen-bond donors (Lipinski definition) is 2. The zero-order valence-corrected chi connectivity index (χ0v) is 19.4. The third-order valence-corrected chi connectivity index (χ3v) is 5.70. The van der Waals surface area contributed by atoms with E-state index < -0.39 is 0 Å². The SMILES string of the molecule is C=C(N=C/C=C\C)N1CCN(C(=N)/C(=C\C(=N)c2ccccc2)CCc2ccccc2)CC1. The fourth-order valence-electron chi connectivity index (χ4n) is 3.75. The Kier molecular flexibility index (Phi) is 8.95. The van der Waals surface area contributed by atoms with E-state index in [1.807, 2.05) is 73.7 Å². The third-order valence-electron chi connectivity index (χ3n) is 5.70. The van der Waals surface area contributed by atoms with Gasteiger partial charge >= 0.3 is 0 Å². The first-order valence-corrected chi connectivity index (χ1v) is 11.4. The van der Waals surface area contributed by atoms with Crippen molar-refractivity contribution in [3.63, 3.8) is 0 Å². The van der Waals surface area contributed by atoms with E-state index in [0.29, 0.717) is 11.5 Å². The minimum absolute atomic E-state index is 0.439. The van der Waals surface area contributed by atoms with Crippen LogP contribution in [0.5, 0.6) is 0 Å². The molecule has 0 radical (unpaired) electrons. The minimum Gasteiger partial charge on any atom is -0.354 e. The largest absolute Gasteiger partial charge is 0.354 e. The Morgan fingerprint density at radius 2 is 1.55 bits per heavy atom. The van der Waals surface area contributed by atoms with Crippen molar-refractivity contribution < 1.29 is 0 Å². The molecule has 0 spiro atoms. The van der Waals surface area contributed by atoms with Crippen molar-refractivity contribution in [3.05, 3.63) is 108 Å². The molecule has 0 bridgehead atoms. The molecular weight excluding hydrogens is 406 g/mol. The molecule has 170 valence electrons. The van der Waals surface area contributed by atoms with E-state index in [2.05, 4.69) is 33.5 Å². The van der Waals surface area contributed by atoms with E-state index in [4.69, 9.17) is 10.8 Å². The topological polar surface area (TPSA) is 66.5 Å². The van der Waals surface area contributed by atoms with E-state index >= 15 is 0 Å². The maximum Gasteiger partial charge on any atom is 0.124 e. The molecule has 3 rings (SSSR count). The van der Waals surface area contributed by atoms with Crippen molar-refractivity contribution in [2.75, 3.05) is 26.2 Å². The Bertz CT molecular complexity index is 1030. The summed E-state index contributed by atoms with van der Waals surface area (Å²) in [6.07, 6.45) is 9.02. The summed E-state index contributed by atoms with van der Waals surface area (Å²) in [6, 6.07) is 20.0. The van der Waals surface area contributed by atoms with Gasteiger partial charge in [0.05, 0.1) is 5.71 Å². The molecule has 1 fully saturated rings. The normalized spacial score (nSPS) is 14.8. The Balaban J connectivity index is 1.70. The number of aliphatic imine (C=N–C) groups is 1. The first-order chi connectivity index (χ1) is 16.1. The summed E-state index contributed by atoms with van der Waals surface area (Å²) >= 11 is 0. The quantitative estimate of drug-likeness (QED) is 0.410. The second kappa shape index (κ2) is 12.3. The minimum atomic E-state index is 0.439. The summed E-state index contributed by atoms with van der Waals surface area (Å²) in [5.41, 5.74) is 3.44. The molecule has 1 heterocycles. The fourth-order valence-corrected chi connectivity index (χ4v) is 3.75. The van der Waals surface area contributed by atoms with E-state index in [9.17, 15) is 0 Å². The number of nitrogens with one attached hydrogen (secondary N) is 2. The van der Waals surface area contributed by atoms with Crippen LogP contribution in [-0.4, -0.2) is 53.7 Å². The second-order valence-corrected chi connectivity index (χ2v) is 7.98. The lowest BCUT2D eigenvalue weighted by Gasteiger charge is -2.37. The Morgan fingerprint density at radius 3 is 2.18 bits per heavy atom. The van der Waals surface area contributed by atoms with Crippen LogP contribution in [0.15, 0.2) is 102 Å². The first-order valence-electron chi connectivity index (χ1n) is 11.4. The highest BCUT2D eigenvalue weighted by Crippen LogP contribution is 2.17. The van der Waals surface area contributed by atoms with E-state index in [-0.39, 0.29) is 0 Å². The molecular formula is C28H33N5. The molecule has 2 aromatic carbocycles. The van der Waals surface area contributed by atoms with Crippen molar-refractivity contribution in [2.45, 2.75) is 19.8 Å². The van der Waals surface area contributed by atoms with Gasteiger partial charge < -0.3 is 15.2 Å². The van der Waals surface area contributed by atoms with E-state index in [1.54, 1.807) is 6.21 Å². The zero-order chi connectivity index (χ0) is 23.5. The number of benzene rings is 2. The van der Waals surface area contributed by atoms with Crippen LogP contribution in [0, 0.1) is 10.8 Å². The molecule has 0 atom stereocenters. The summed E-state index contributed by atoms with van der Waals surface area (Å²) in [4.78, 5) is 8.65. The zero-order valence-electron chi connectivity index (χ0n) is 19.4. The number of hydrogen-bond acceptors (Lipinski definition) is 4. The maximum atomic E-state index is 8.95. The molecule has 1 saturated heterocycles. The maximum absolute atomic E-state index is 8.95. The van der Waals surface area contributed by atoms with Crippen LogP contribution in [0.25, 0.3) is 0 Å². The average Bonchev–Trinajstić information content (AvgIpc) is 2.87. The van der Waals surface area contributed by atoms with Gasteiger partial charge in [0.25, 0.3) is 0 Å². The molecule has 0 aromatic heterocycles. The lowest BCUT2D eigenvalue weighted by atomic mass is 9.99. The second-order valence-electron chi connectivity index (χ2n) is 7.98. The molecule has 2 N–H and O–H groups in total. The molecule has 5 nitrogen and oxygen atoms in total. The molecule has 0 unspecified atom stereocenters. The van der Waals surface area contributed by atoms with Crippen molar-refractivity contribution in [1.29, 1.82) is 10.8 Å². The molecule has 0 aliphatic carbocycles. The van der Waals surface area contributed by atoms with Gasteiger partial charge in [-0.05, 0) is 48.6 Å². The Labute approximate surface area is 197 Å². The Morgan fingerprint density at radius 1 is 0.939 bits per heavy atom. The van der Waals surface area contributed by atoms with Crippen LogP contribution >= 0.6 is 0 Å². The monoisotopic (exact) mass is 439 g/mol. The Hall–Kier alpha value is -3.73. The molecule has 5 heteroatoms. The van der Waals surface area contributed by atoms with Gasteiger partial charge in [-0.25, -0.2) is 4.99 Å². The van der Waals surface area contributed by atoms with Gasteiger partial charge in [-0.15, -0.1) is 0 Å². The molecule has 1 aliphatic heterocycles. The average molecular weight is 440 g/mol. The fraction of sp³-hybridized carbons (Fsp3) is 0.250. The standard InChI is InChI=1S/C28H33N5/c1-3-4-17-31-23(2)32-18-20-33(21-19-32)28(30)26(16-15-24-11-7-5-8-12-24)22-27(29)25-13-9-6-10-14-25/h3-14,17,22,29-30H,2,15-16,18-21H2,1H3/b4-3-,26-22-,29-27?,30-28?,31-17?. The van der Waals surface area contributed by atoms with Crippen LogP contribution in [0.3, 0.4) is 0 Å². The number of allylic oxidation sites excluding steroid dienone is 3. The highest BCUT2D eigenvalue weighted by atomic mass is 15.3. The first kappa shape index (κ1) is 23.9. The molecule has 0 amide bonds. The molecule has 33 heavy (non-hydrogen) atoms. The summed E-state index contributed by atoms with van der Waals surface area (Å²) in [7, 11) is 0. The molecule has 0 saturated carbocycles. The van der Waals surface area contributed by atoms with Crippen LogP contribution in [0.4, 0.5) is 0 Å².